The maximum Gasteiger partial charge on any atom is 0.321 e. The molecule has 37 heavy (non-hydrogen) atoms. The molecule has 11 nitrogen and oxygen atoms in total. The first-order chi connectivity index (χ1) is 17.9. The zero-order chi connectivity index (χ0) is 25.6. The molecule has 192 valence electrons. The molecule has 0 atom stereocenters. The van der Waals surface area contributed by atoms with Gasteiger partial charge < -0.3 is 24.9 Å². The monoisotopic (exact) mass is 520 g/mol. The Morgan fingerprint density at radius 2 is 1.76 bits per heavy atom. The van der Waals surface area contributed by atoms with Gasteiger partial charge in [-0.1, -0.05) is 18.2 Å². The minimum absolute atomic E-state index is 0.0491. The molecule has 0 aliphatic carbocycles. The first-order valence-electron chi connectivity index (χ1n) is 12.3. The van der Waals surface area contributed by atoms with Gasteiger partial charge in [-0.25, -0.2) is 9.78 Å². The van der Waals surface area contributed by atoms with Crippen molar-refractivity contribution in [3.05, 3.63) is 47.0 Å². The van der Waals surface area contributed by atoms with Crippen LogP contribution < -0.4 is 20.4 Å². The third-order valence-electron chi connectivity index (χ3n) is 7.17. The summed E-state index contributed by atoms with van der Waals surface area (Å²) in [6.45, 7) is 6.49. The van der Waals surface area contributed by atoms with Crippen molar-refractivity contribution >= 4 is 52.5 Å². The SMILES string of the molecule is CN1CCN(c2cc(C=C3SC(=O)NC3=O)nc(N3CC4(CN(C(=O)Nc5ccccc5)C4)C3)n2)CC1. The number of imide groups is 1. The predicted molar refractivity (Wildman–Crippen MR) is 143 cm³/mol. The molecule has 0 radical (unpaired) electrons. The molecule has 4 amide bonds. The first kappa shape index (κ1) is 23.7. The van der Waals surface area contributed by atoms with Crippen LogP contribution >= 0.6 is 11.8 Å². The van der Waals surface area contributed by atoms with Crippen molar-refractivity contribution in [3.8, 4) is 0 Å². The summed E-state index contributed by atoms with van der Waals surface area (Å²) in [7, 11) is 2.10. The van der Waals surface area contributed by atoms with Gasteiger partial charge in [-0.2, -0.15) is 4.98 Å². The molecule has 4 saturated heterocycles. The van der Waals surface area contributed by atoms with Gasteiger partial charge in [0.1, 0.15) is 5.82 Å². The van der Waals surface area contributed by atoms with E-state index in [-0.39, 0.29) is 16.7 Å². The highest BCUT2D eigenvalue weighted by atomic mass is 32.2. The van der Waals surface area contributed by atoms with Crippen LogP contribution in [0.4, 0.5) is 27.0 Å². The van der Waals surface area contributed by atoms with Gasteiger partial charge in [-0.3, -0.25) is 14.9 Å². The quantitative estimate of drug-likeness (QED) is 0.584. The molecule has 0 unspecified atom stereocenters. The second-order valence-corrected chi connectivity index (χ2v) is 11.1. The van der Waals surface area contributed by atoms with E-state index in [0.717, 1.165) is 62.5 Å². The highest BCUT2D eigenvalue weighted by molar-refractivity contribution is 8.18. The van der Waals surface area contributed by atoms with Gasteiger partial charge >= 0.3 is 6.03 Å². The van der Waals surface area contributed by atoms with Gasteiger partial charge in [0.05, 0.1) is 10.6 Å². The molecule has 1 aromatic carbocycles. The fourth-order valence-corrected chi connectivity index (χ4v) is 5.81. The average Bonchev–Trinajstić information content (AvgIpc) is 3.14. The van der Waals surface area contributed by atoms with Crippen LogP contribution in [0, 0.1) is 5.41 Å². The number of nitrogens with one attached hydrogen (secondary N) is 2. The molecule has 4 aliphatic heterocycles. The summed E-state index contributed by atoms with van der Waals surface area (Å²) in [4.78, 5) is 54.7. The van der Waals surface area contributed by atoms with Gasteiger partial charge in [0, 0.05) is 69.5 Å². The van der Waals surface area contributed by atoms with Crippen molar-refractivity contribution in [3.63, 3.8) is 0 Å². The van der Waals surface area contributed by atoms with Crippen LogP contribution in [-0.4, -0.2) is 96.4 Å². The van der Waals surface area contributed by atoms with E-state index >= 15 is 0 Å². The van der Waals surface area contributed by atoms with E-state index in [9.17, 15) is 14.4 Å². The Balaban J connectivity index is 1.15. The van der Waals surface area contributed by atoms with Crippen molar-refractivity contribution in [2.75, 3.05) is 74.5 Å². The summed E-state index contributed by atoms with van der Waals surface area (Å²) in [6.07, 6.45) is 1.66. The van der Waals surface area contributed by atoms with Crippen LogP contribution in [0.2, 0.25) is 0 Å². The van der Waals surface area contributed by atoms with Crippen molar-refractivity contribution in [2.45, 2.75) is 0 Å². The number of rotatable bonds is 4. The largest absolute Gasteiger partial charge is 0.354 e. The number of amides is 4. The number of piperazine rings is 1. The summed E-state index contributed by atoms with van der Waals surface area (Å²) in [5.41, 5.74) is 1.44. The van der Waals surface area contributed by atoms with Crippen LogP contribution in [0.5, 0.6) is 0 Å². The Labute approximate surface area is 218 Å². The number of hydrogen-bond acceptors (Lipinski definition) is 9. The normalized spacial score (nSPS) is 22.2. The third kappa shape index (κ3) is 4.86. The molecule has 2 aromatic rings. The van der Waals surface area contributed by atoms with Crippen molar-refractivity contribution < 1.29 is 14.4 Å². The zero-order valence-electron chi connectivity index (χ0n) is 20.5. The number of urea groups is 1. The molecule has 0 bridgehead atoms. The van der Waals surface area contributed by atoms with E-state index < -0.39 is 5.91 Å². The Kier molecular flexibility index (Phi) is 6.00. The summed E-state index contributed by atoms with van der Waals surface area (Å²) >= 11 is 0.884. The lowest BCUT2D eigenvalue weighted by Gasteiger charge is -2.59. The number of likely N-dealkylation sites (N-methyl/N-ethyl adjacent to an activating group) is 1. The molecule has 6 rings (SSSR count). The van der Waals surface area contributed by atoms with Gasteiger partial charge in [-0.15, -0.1) is 0 Å². The molecule has 2 N–H and O–H groups in total. The molecule has 1 aromatic heterocycles. The van der Waals surface area contributed by atoms with Crippen LogP contribution in [0.3, 0.4) is 0 Å². The van der Waals surface area contributed by atoms with E-state index in [0.29, 0.717) is 29.6 Å². The number of carbonyl (C=O) groups is 3. The predicted octanol–water partition coefficient (Wildman–Crippen LogP) is 1.91. The van der Waals surface area contributed by atoms with Gasteiger partial charge in [0.2, 0.25) is 5.95 Å². The zero-order valence-corrected chi connectivity index (χ0v) is 21.3. The van der Waals surface area contributed by atoms with Crippen LogP contribution in [0.1, 0.15) is 5.69 Å². The second-order valence-electron chi connectivity index (χ2n) is 10.1. The number of para-hydroxylation sites is 1. The number of benzene rings is 1. The second kappa shape index (κ2) is 9.34. The molecule has 4 aliphatic rings. The maximum atomic E-state index is 12.6. The molecule has 12 heteroatoms. The Morgan fingerprint density at radius 3 is 2.43 bits per heavy atom. The molecule has 1 spiro atoms. The van der Waals surface area contributed by atoms with Crippen molar-refractivity contribution in [1.82, 2.24) is 25.1 Å². The Morgan fingerprint density at radius 1 is 1.03 bits per heavy atom. The summed E-state index contributed by atoms with van der Waals surface area (Å²) in [6, 6.07) is 11.3. The van der Waals surface area contributed by atoms with E-state index in [1.807, 2.05) is 41.3 Å². The fourth-order valence-electron chi connectivity index (χ4n) is 5.14. The average molecular weight is 521 g/mol. The molecule has 4 fully saturated rings. The lowest BCUT2D eigenvalue weighted by atomic mass is 9.73. The minimum atomic E-state index is -0.400. The number of thioether (sulfide) groups is 1. The number of likely N-dealkylation sites (tertiary alicyclic amines) is 1. The van der Waals surface area contributed by atoms with Gasteiger partial charge in [0.25, 0.3) is 11.1 Å². The minimum Gasteiger partial charge on any atom is -0.354 e. The highest BCUT2D eigenvalue weighted by Gasteiger charge is 2.54. The Bertz CT molecular complexity index is 1260. The van der Waals surface area contributed by atoms with Gasteiger partial charge in [0.15, 0.2) is 0 Å². The first-order valence-corrected chi connectivity index (χ1v) is 13.1. The Hall–Kier alpha value is -3.64. The lowest BCUT2D eigenvalue weighted by molar-refractivity contribution is -0.115. The summed E-state index contributed by atoms with van der Waals surface area (Å²) in [5, 5.41) is 4.86. The summed E-state index contributed by atoms with van der Waals surface area (Å²) in [5.74, 6) is 1.02. The number of nitrogens with zero attached hydrogens (tertiary/aromatic N) is 6. The topological polar surface area (TPSA) is 114 Å². The van der Waals surface area contributed by atoms with E-state index in [2.05, 4.69) is 32.4 Å². The van der Waals surface area contributed by atoms with Crippen LogP contribution in [0.25, 0.3) is 6.08 Å². The third-order valence-corrected chi connectivity index (χ3v) is 7.98. The smallest absolute Gasteiger partial charge is 0.321 e. The molecular weight excluding hydrogens is 492 g/mol. The van der Waals surface area contributed by atoms with E-state index in [1.165, 1.54) is 0 Å². The van der Waals surface area contributed by atoms with Gasteiger partial charge in [-0.05, 0) is 37.0 Å². The molecule has 5 heterocycles. The van der Waals surface area contributed by atoms with Crippen molar-refractivity contribution in [2.24, 2.45) is 5.41 Å². The standard InChI is InChI=1S/C25H28N8O3S/c1-30-7-9-31(10-8-30)20-12-18(11-19-21(34)29-24(36)37-19)26-22(28-20)32-13-25(14-32)15-33(16-25)23(35)27-17-5-3-2-4-6-17/h2-6,11-12H,7-10,13-16H2,1H3,(H,27,35)(H,29,34,36). The highest BCUT2D eigenvalue weighted by Crippen LogP contribution is 2.41. The fraction of sp³-hybridized carbons (Fsp3) is 0.400. The lowest BCUT2D eigenvalue weighted by Crippen LogP contribution is -2.73. The van der Waals surface area contributed by atoms with Crippen LogP contribution in [0.15, 0.2) is 41.3 Å². The number of hydrogen-bond donors (Lipinski definition) is 2. The summed E-state index contributed by atoms with van der Waals surface area (Å²) < 4.78 is 0. The van der Waals surface area contributed by atoms with Crippen LogP contribution in [-0.2, 0) is 4.79 Å². The van der Waals surface area contributed by atoms with E-state index in [1.54, 1.807) is 6.08 Å². The number of aromatic nitrogens is 2. The van der Waals surface area contributed by atoms with Crippen molar-refractivity contribution in [1.29, 1.82) is 0 Å². The molecule has 0 saturated carbocycles. The van der Waals surface area contributed by atoms with E-state index in [4.69, 9.17) is 9.97 Å². The maximum absolute atomic E-state index is 12.6. The number of anilines is 3. The number of carbonyl (C=O) groups excluding carboxylic acids is 3. The molecular formula is C25H28N8O3S.